The standard InChI is InChI=1S/C8H15N3O2/c1-6-10-7(11-13-6)8(2,9)4-5-12-3/h4-5,9H2,1-3H3. The van der Waals surface area contributed by atoms with E-state index in [9.17, 15) is 0 Å². The molecule has 1 unspecified atom stereocenters. The molecule has 0 spiro atoms. The number of nitrogens with zero attached hydrogens (tertiary/aromatic N) is 2. The lowest BCUT2D eigenvalue weighted by molar-refractivity contribution is 0.168. The van der Waals surface area contributed by atoms with Crippen molar-refractivity contribution in [3.63, 3.8) is 0 Å². The van der Waals surface area contributed by atoms with Gasteiger partial charge in [0.1, 0.15) is 0 Å². The highest BCUT2D eigenvalue weighted by Crippen LogP contribution is 2.17. The van der Waals surface area contributed by atoms with Crippen molar-refractivity contribution in [2.45, 2.75) is 25.8 Å². The van der Waals surface area contributed by atoms with Crippen LogP contribution in [-0.2, 0) is 10.3 Å². The van der Waals surface area contributed by atoms with E-state index in [1.54, 1.807) is 14.0 Å². The van der Waals surface area contributed by atoms with Crippen LogP contribution in [0.1, 0.15) is 25.1 Å². The first-order chi connectivity index (χ1) is 6.06. The fourth-order valence-corrected chi connectivity index (χ4v) is 0.957. The molecule has 0 aromatic carbocycles. The average molecular weight is 185 g/mol. The molecule has 1 aromatic heterocycles. The summed E-state index contributed by atoms with van der Waals surface area (Å²) in [7, 11) is 1.64. The zero-order valence-corrected chi connectivity index (χ0v) is 8.20. The van der Waals surface area contributed by atoms with Gasteiger partial charge in [0.15, 0.2) is 5.82 Å². The second-order valence-electron chi connectivity index (χ2n) is 3.30. The summed E-state index contributed by atoms with van der Waals surface area (Å²) in [5, 5.41) is 3.77. The number of aryl methyl sites for hydroxylation is 1. The van der Waals surface area contributed by atoms with Crippen molar-refractivity contribution in [3.05, 3.63) is 11.7 Å². The monoisotopic (exact) mass is 185 g/mol. The summed E-state index contributed by atoms with van der Waals surface area (Å²) in [6.45, 7) is 4.18. The summed E-state index contributed by atoms with van der Waals surface area (Å²) in [6.07, 6.45) is 0.669. The van der Waals surface area contributed by atoms with Gasteiger partial charge in [-0.3, -0.25) is 0 Å². The Hall–Kier alpha value is -0.940. The van der Waals surface area contributed by atoms with Crippen molar-refractivity contribution < 1.29 is 9.26 Å². The van der Waals surface area contributed by atoms with Crippen LogP contribution < -0.4 is 5.73 Å². The maximum absolute atomic E-state index is 5.97. The largest absolute Gasteiger partial charge is 0.385 e. The summed E-state index contributed by atoms with van der Waals surface area (Å²) < 4.78 is 9.79. The quantitative estimate of drug-likeness (QED) is 0.743. The van der Waals surface area contributed by atoms with Gasteiger partial charge in [0.05, 0.1) is 5.54 Å². The van der Waals surface area contributed by atoms with E-state index in [-0.39, 0.29) is 0 Å². The molecule has 0 fully saturated rings. The topological polar surface area (TPSA) is 74.2 Å². The van der Waals surface area contributed by atoms with Gasteiger partial charge in [-0.05, 0) is 13.3 Å². The van der Waals surface area contributed by atoms with Gasteiger partial charge >= 0.3 is 0 Å². The molecule has 0 radical (unpaired) electrons. The fourth-order valence-electron chi connectivity index (χ4n) is 0.957. The van der Waals surface area contributed by atoms with Gasteiger partial charge in [0.2, 0.25) is 5.89 Å². The SMILES string of the molecule is COCCC(C)(N)c1noc(C)n1. The Morgan fingerprint density at radius 2 is 2.31 bits per heavy atom. The van der Waals surface area contributed by atoms with Crippen LogP contribution in [0, 0.1) is 6.92 Å². The van der Waals surface area contributed by atoms with Crippen LogP contribution in [0.4, 0.5) is 0 Å². The third-order valence-electron chi connectivity index (χ3n) is 1.86. The Morgan fingerprint density at radius 3 is 2.77 bits per heavy atom. The normalized spacial score (nSPS) is 15.7. The zero-order valence-electron chi connectivity index (χ0n) is 8.20. The Labute approximate surface area is 77.3 Å². The molecule has 0 saturated carbocycles. The van der Waals surface area contributed by atoms with E-state index in [1.807, 2.05) is 6.92 Å². The number of rotatable bonds is 4. The minimum Gasteiger partial charge on any atom is -0.385 e. The Bertz CT molecular complexity index is 270. The number of hydrogen-bond donors (Lipinski definition) is 1. The molecule has 0 amide bonds. The minimum atomic E-state index is -0.576. The van der Waals surface area contributed by atoms with Gasteiger partial charge < -0.3 is 15.0 Å². The molecule has 0 saturated heterocycles. The van der Waals surface area contributed by atoms with E-state index in [0.29, 0.717) is 24.7 Å². The van der Waals surface area contributed by atoms with Gasteiger partial charge in [0.25, 0.3) is 0 Å². The van der Waals surface area contributed by atoms with Crippen LogP contribution in [0.2, 0.25) is 0 Å². The molecule has 1 heterocycles. The van der Waals surface area contributed by atoms with Crippen molar-refractivity contribution in [3.8, 4) is 0 Å². The molecule has 0 aliphatic rings. The second kappa shape index (κ2) is 3.85. The molecule has 74 valence electrons. The molecule has 2 N–H and O–H groups in total. The van der Waals surface area contributed by atoms with Crippen LogP contribution in [0.15, 0.2) is 4.52 Å². The number of aromatic nitrogens is 2. The summed E-state index contributed by atoms with van der Waals surface area (Å²) in [5.41, 5.74) is 5.40. The van der Waals surface area contributed by atoms with E-state index in [2.05, 4.69) is 10.1 Å². The van der Waals surface area contributed by atoms with Gasteiger partial charge in [-0.15, -0.1) is 0 Å². The lowest BCUT2D eigenvalue weighted by Gasteiger charge is -2.19. The van der Waals surface area contributed by atoms with E-state index in [4.69, 9.17) is 15.0 Å². The van der Waals surface area contributed by atoms with Crippen molar-refractivity contribution in [2.75, 3.05) is 13.7 Å². The molecule has 1 atom stereocenters. The van der Waals surface area contributed by atoms with Crippen LogP contribution in [0.3, 0.4) is 0 Å². The summed E-state index contributed by atoms with van der Waals surface area (Å²) >= 11 is 0. The van der Waals surface area contributed by atoms with Crippen molar-refractivity contribution in [2.24, 2.45) is 5.73 Å². The molecule has 5 heteroatoms. The zero-order chi connectivity index (χ0) is 9.90. The molecule has 0 aliphatic carbocycles. The van der Waals surface area contributed by atoms with Gasteiger partial charge in [-0.25, -0.2) is 0 Å². The van der Waals surface area contributed by atoms with Crippen molar-refractivity contribution in [1.29, 1.82) is 0 Å². The number of hydrogen-bond acceptors (Lipinski definition) is 5. The predicted octanol–water partition coefficient (Wildman–Crippen LogP) is 0.588. The van der Waals surface area contributed by atoms with Crippen molar-refractivity contribution >= 4 is 0 Å². The van der Waals surface area contributed by atoms with Gasteiger partial charge in [-0.1, -0.05) is 5.16 Å². The van der Waals surface area contributed by atoms with Crippen LogP contribution in [0.25, 0.3) is 0 Å². The number of ether oxygens (including phenoxy) is 1. The van der Waals surface area contributed by atoms with E-state index in [0.717, 1.165) is 0 Å². The van der Waals surface area contributed by atoms with Gasteiger partial charge in [-0.2, -0.15) is 4.98 Å². The molecule has 1 rings (SSSR count). The third-order valence-corrected chi connectivity index (χ3v) is 1.86. The lowest BCUT2D eigenvalue weighted by Crippen LogP contribution is -2.35. The van der Waals surface area contributed by atoms with Crippen molar-refractivity contribution in [1.82, 2.24) is 10.1 Å². The fraction of sp³-hybridized carbons (Fsp3) is 0.750. The molecular formula is C8H15N3O2. The predicted molar refractivity (Wildman–Crippen MR) is 47.1 cm³/mol. The Kier molecular flexibility index (Phi) is 3.00. The summed E-state index contributed by atoms with van der Waals surface area (Å²) in [5.74, 6) is 1.06. The van der Waals surface area contributed by atoms with E-state index < -0.39 is 5.54 Å². The van der Waals surface area contributed by atoms with Crippen LogP contribution >= 0.6 is 0 Å². The third kappa shape index (κ3) is 2.50. The maximum atomic E-state index is 5.97. The molecule has 0 bridgehead atoms. The first kappa shape index (κ1) is 10.1. The first-order valence-electron chi connectivity index (χ1n) is 4.15. The number of methoxy groups -OCH3 is 1. The summed E-state index contributed by atoms with van der Waals surface area (Å²) in [4.78, 5) is 4.08. The molecule has 0 aliphatic heterocycles. The highest BCUT2D eigenvalue weighted by atomic mass is 16.5. The Morgan fingerprint density at radius 1 is 1.62 bits per heavy atom. The highest BCUT2D eigenvalue weighted by Gasteiger charge is 2.26. The second-order valence-corrected chi connectivity index (χ2v) is 3.30. The molecule has 13 heavy (non-hydrogen) atoms. The van der Waals surface area contributed by atoms with E-state index in [1.165, 1.54) is 0 Å². The maximum Gasteiger partial charge on any atom is 0.223 e. The van der Waals surface area contributed by atoms with Gasteiger partial charge in [0, 0.05) is 20.6 Å². The number of nitrogens with two attached hydrogens (primary N) is 1. The van der Waals surface area contributed by atoms with E-state index >= 15 is 0 Å². The Balaban J connectivity index is 2.68. The van der Waals surface area contributed by atoms with Crippen LogP contribution in [0.5, 0.6) is 0 Å². The molecule has 1 aromatic rings. The minimum absolute atomic E-state index is 0.530. The average Bonchev–Trinajstić information content (AvgIpc) is 2.49. The van der Waals surface area contributed by atoms with Crippen LogP contribution in [-0.4, -0.2) is 23.9 Å². The highest BCUT2D eigenvalue weighted by molar-refractivity contribution is 5.00. The summed E-state index contributed by atoms with van der Waals surface area (Å²) in [6, 6.07) is 0. The smallest absolute Gasteiger partial charge is 0.223 e. The first-order valence-corrected chi connectivity index (χ1v) is 4.15. The molecule has 5 nitrogen and oxygen atoms in total. The lowest BCUT2D eigenvalue weighted by atomic mass is 9.99. The molecular weight excluding hydrogens is 170 g/mol.